The Morgan fingerprint density at radius 2 is 1.73 bits per heavy atom. The highest BCUT2D eigenvalue weighted by molar-refractivity contribution is 7.11. The van der Waals surface area contributed by atoms with E-state index in [9.17, 15) is 9.18 Å². The molecule has 0 aliphatic rings. The molecule has 0 aliphatic heterocycles. The summed E-state index contributed by atoms with van der Waals surface area (Å²) in [5, 5.41) is 8.52. The van der Waals surface area contributed by atoms with Crippen molar-refractivity contribution in [3.8, 4) is 0 Å². The largest absolute Gasteiger partial charge is 0.478 e. The first-order chi connectivity index (χ1) is 10.6. The maximum Gasteiger partial charge on any atom is 0.327 e. The lowest BCUT2D eigenvalue weighted by Gasteiger charge is -2.00. The van der Waals surface area contributed by atoms with Crippen molar-refractivity contribution < 1.29 is 14.3 Å². The van der Waals surface area contributed by atoms with Gasteiger partial charge >= 0.3 is 5.97 Å². The van der Waals surface area contributed by atoms with Crippen molar-refractivity contribution in [1.29, 1.82) is 0 Å². The quantitative estimate of drug-likeness (QED) is 0.720. The molecule has 0 saturated heterocycles. The molecule has 0 radical (unpaired) electrons. The lowest BCUT2D eigenvalue weighted by atomic mass is 10.1. The van der Waals surface area contributed by atoms with Crippen molar-refractivity contribution in [1.82, 2.24) is 0 Å². The van der Waals surface area contributed by atoms with Crippen molar-refractivity contribution in [3.05, 3.63) is 69.7 Å². The van der Waals surface area contributed by atoms with Gasteiger partial charge in [-0.2, -0.15) is 0 Å². The third-order valence-electron chi connectivity index (χ3n) is 3.34. The number of hydrogen-bond donors (Lipinski definition) is 1. The minimum absolute atomic E-state index is 0.191. The summed E-state index contributed by atoms with van der Waals surface area (Å²) in [5.41, 5.74) is 1.16. The van der Waals surface area contributed by atoms with Gasteiger partial charge in [0.05, 0.1) is 0 Å². The van der Waals surface area contributed by atoms with Crippen molar-refractivity contribution in [3.63, 3.8) is 0 Å². The zero-order chi connectivity index (χ0) is 15.8. The number of halogens is 1. The number of carboxylic acids is 1. The molecule has 0 saturated carbocycles. The molecule has 0 bridgehead atoms. The number of carbonyl (C=O) groups is 1. The molecule has 0 atom stereocenters. The second-order valence-electron chi connectivity index (χ2n) is 5.13. The van der Waals surface area contributed by atoms with Gasteiger partial charge in [-0.05, 0) is 61.9 Å². The third-order valence-corrected chi connectivity index (χ3v) is 4.54. The van der Waals surface area contributed by atoms with Crippen LogP contribution in [0.15, 0.2) is 48.6 Å². The van der Waals surface area contributed by atoms with Crippen LogP contribution in [0.1, 0.15) is 28.2 Å². The maximum atomic E-state index is 12.8. The normalized spacial score (nSPS) is 11.1. The summed E-state index contributed by atoms with van der Waals surface area (Å²) >= 11 is 1.79. The second-order valence-corrected chi connectivity index (χ2v) is 6.38. The van der Waals surface area contributed by atoms with Crippen LogP contribution >= 0.6 is 11.3 Å². The topological polar surface area (TPSA) is 37.3 Å². The van der Waals surface area contributed by atoms with Crippen LogP contribution in [0, 0.1) is 5.82 Å². The number of benzene rings is 1. The van der Waals surface area contributed by atoms with Gasteiger partial charge in [0.1, 0.15) is 5.82 Å². The highest BCUT2D eigenvalue weighted by Gasteiger charge is 2.01. The van der Waals surface area contributed by atoms with E-state index in [0.29, 0.717) is 0 Å². The molecule has 0 spiro atoms. The van der Waals surface area contributed by atoms with Crippen LogP contribution in [-0.4, -0.2) is 11.1 Å². The molecule has 1 heterocycles. The second kappa shape index (κ2) is 8.49. The highest BCUT2D eigenvalue weighted by Crippen LogP contribution is 2.20. The average Bonchev–Trinajstić information content (AvgIpc) is 2.93. The average molecular weight is 318 g/mol. The van der Waals surface area contributed by atoms with E-state index in [-0.39, 0.29) is 5.82 Å². The number of aryl methyl sites for hydroxylation is 3. The van der Waals surface area contributed by atoms with Crippen LogP contribution in [0.3, 0.4) is 0 Å². The fourth-order valence-corrected chi connectivity index (χ4v) is 3.29. The zero-order valence-electron chi connectivity index (χ0n) is 12.3. The fourth-order valence-electron chi connectivity index (χ4n) is 2.22. The van der Waals surface area contributed by atoms with Crippen LogP contribution in [0.2, 0.25) is 0 Å². The number of allylic oxidation sites excluding steroid dienone is 1. The van der Waals surface area contributed by atoms with Crippen molar-refractivity contribution >= 4 is 17.3 Å². The number of thiophene rings is 1. The Hall–Kier alpha value is -1.94. The van der Waals surface area contributed by atoms with E-state index in [1.54, 1.807) is 17.4 Å². The van der Waals surface area contributed by atoms with E-state index in [0.717, 1.165) is 37.7 Å². The molecular weight excluding hydrogens is 299 g/mol. The standard InChI is InChI=1S/C18H19FO2S/c19-15-10-8-14(9-11-15)4-3-6-17-13-12-16(22-17)5-1-2-7-18(20)21/h2,7-13H,1,3-6H2,(H,20,21)/b7-2+. The molecule has 1 aromatic carbocycles. The van der Waals surface area contributed by atoms with E-state index in [1.807, 2.05) is 12.1 Å². The smallest absolute Gasteiger partial charge is 0.327 e. The Labute approximate surface area is 133 Å². The van der Waals surface area contributed by atoms with Crippen molar-refractivity contribution in [2.24, 2.45) is 0 Å². The van der Waals surface area contributed by atoms with E-state index in [1.165, 1.54) is 28.0 Å². The Kier molecular flexibility index (Phi) is 6.34. The van der Waals surface area contributed by atoms with Crippen LogP contribution in [0.4, 0.5) is 4.39 Å². The summed E-state index contributed by atoms with van der Waals surface area (Å²) < 4.78 is 12.8. The predicted octanol–water partition coefficient (Wildman–Crippen LogP) is 4.64. The van der Waals surface area contributed by atoms with Gasteiger partial charge in [-0.25, -0.2) is 9.18 Å². The lowest BCUT2D eigenvalue weighted by molar-refractivity contribution is -0.131. The Morgan fingerprint density at radius 3 is 2.41 bits per heavy atom. The monoisotopic (exact) mass is 318 g/mol. The molecule has 2 rings (SSSR count). The van der Waals surface area contributed by atoms with Crippen molar-refractivity contribution in [2.45, 2.75) is 32.1 Å². The van der Waals surface area contributed by atoms with E-state index < -0.39 is 5.97 Å². The first kappa shape index (κ1) is 16.4. The summed E-state index contributed by atoms with van der Waals surface area (Å²) in [6.07, 6.45) is 7.54. The molecule has 116 valence electrons. The summed E-state index contributed by atoms with van der Waals surface area (Å²) in [6.45, 7) is 0. The van der Waals surface area contributed by atoms with Crippen LogP contribution in [0.25, 0.3) is 0 Å². The predicted molar refractivity (Wildman–Crippen MR) is 87.8 cm³/mol. The van der Waals surface area contributed by atoms with E-state index in [4.69, 9.17) is 5.11 Å². The first-order valence-electron chi connectivity index (χ1n) is 7.35. The summed E-state index contributed by atoms with van der Waals surface area (Å²) in [4.78, 5) is 13.0. The van der Waals surface area contributed by atoms with Gasteiger partial charge < -0.3 is 5.11 Å². The maximum absolute atomic E-state index is 12.8. The summed E-state index contributed by atoms with van der Waals surface area (Å²) in [5.74, 6) is -1.09. The molecule has 4 heteroatoms. The molecule has 22 heavy (non-hydrogen) atoms. The minimum atomic E-state index is -0.896. The number of rotatable bonds is 8. The van der Waals surface area contributed by atoms with Gasteiger partial charge in [0.2, 0.25) is 0 Å². The van der Waals surface area contributed by atoms with Crippen LogP contribution < -0.4 is 0 Å². The molecule has 2 aromatic rings. The Balaban J connectivity index is 1.72. The molecule has 0 amide bonds. The van der Waals surface area contributed by atoms with E-state index >= 15 is 0 Å². The van der Waals surface area contributed by atoms with Gasteiger partial charge in [-0.1, -0.05) is 18.2 Å². The third kappa shape index (κ3) is 5.82. The molecule has 0 fully saturated rings. The SMILES string of the molecule is O=C(O)/C=C/CCc1ccc(CCCc2ccc(F)cc2)s1. The summed E-state index contributed by atoms with van der Waals surface area (Å²) in [6, 6.07) is 10.9. The fraction of sp³-hybridized carbons (Fsp3) is 0.278. The Bertz CT molecular complexity index is 629. The highest BCUT2D eigenvalue weighted by atomic mass is 32.1. The van der Waals surface area contributed by atoms with Gasteiger partial charge in [-0.15, -0.1) is 11.3 Å². The molecule has 1 N–H and O–H groups in total. The summed E-state index contributed by atoms with van der Waals surface area (Å²) in [7, 11) is 0. The molecule has 1 aromatic heterocycles. The van der Waals surface area contributed by atoms with E-state index in [2.05, 4.69) is 12.1 Å². The number of carboxylic acid groups (broad SMARTS) is 1. The minimum Gasteiger partial charge on any atom is -0.478 e. The molecule has 0 aliphatic carbocycles. The molecular formula is C18H19FO2S. The van der Waals surface area contributed by atoms with Gasteiger partial charge in [0, 0.05) is 15.8 Å². The first-order valence-corrected chi connectivity index (χ1v) is 8.16. The Morgan fingerprint density at radius 1 is 1.05 bits per heavy atom. The number of aliphatic carboxylic acids is 1. The molecule has 2 nitrogen and oxygen atoms in total. The lowest BCUT2D eigenvalue weighted by Crippen LogP contribution is -1.88. The zero-order valence-corrected chi connectivity index (χ0v) is 13.1. The van der Waals surface area contributed by atoms with Crippen molar-refractivity contribution in [2.75, 3.05) is 0 Å². The van der Waals surface area contributed by atoms with Gasteiger partial charge in [0.25, 0.3) is 0 Å². The van der Waals surface area contributed by atoms with Crippen LogP contribution in [-0.2, 0) is 24.1 Å². The van der Waals surface area contributed by atoms with Gasteiger partial charge in [-0.3, -0.25) is 0 Å². The number of hydrogen-bond acceptors (Lipinski definition) is 2. The molecule has 0 unspecified atom stereocenters. The van der Waals surface area contributed by atoms with Gasteiger partial charge in [0.15, 0.2) is 0 Å². The van der Waals surface area contributed by atoms with Crippen LogP contribution in [0.5, 0.6) is 0 Å².